The van der Waals surface area contributed by atoms with E-state index < -0.39 is 34.9 Å². The Balaban J connectivity index is 3.49. The van der Waals surface area contributed by atoms with E-state index >= 15 is 0 Å². The number of benzene rings is 1. The minimum absolute atomic E-state index is 0.150. The second kappa shape index (κ2) is 3.48. The lowest BCUT2D eigenvalue weighted by molar-refractivity contribution is -0.140. The number of aromatic carboxylic acids is 1. The van der Waals surface area contributed by atoms with Gasteiger partial charge >= 0.3 is 12.1 Å². The Labute approximate surface area is 79.9 Å². The molecular formula is C8H3F5O2. The van der Waals surface area contributed by atoms with Crippen LogP contribution in [0.1, 0.15) is 15.9 Å². The van der Waals surface area contributed by atoms with Crippen LogP contribution < -0.4 is 0 Å². The number of hydrogen-bond donors (Lipinski definition) is 1. The minimum atomic E-state index is -5.05. The Morgan fingerprint density at radius 2 is 1.73 bits per heavy atom. The van der Waals surface area contributed by atoms with Gasteiger partial charge in [0.15, 0.2) is 5.82 Å². The first-order valence-electron chi connectivity index (χ1n) is 3.53. The molecule has 0 aliphatic carbocycles. The van der Waals surface area contributed by atoms with E-state index in [-0.39, 0.29) is 12.1 Å². The van der Waals surface area contributed by atoms with E-state index in [1.165, 1.54) is 0 Å². The molecule has 82 valence electrons. The Morgan fingerprint density at radius 1 is 1.20 bits per heavy atom. The number of carboxylic acid groups (broad SMARTS) is 1. The highest BCUT2D eigenvalue weighted by Crippen LogP contribution is 2.33. The van der Waals surface area contributed by atoms with Crippen LogP contribution in [0.4, 0.5) is 22.0 Å². The summed E-state index contributed by atoms with van der Waals surface area (Å²) in [5.74, 6) is -5.75. The lowest BCUT2D eigenvalue weighted by Gasteiger charge is -2.09. The summed E-state index contributed by atoms with van der Waals surface area (Å²) in [6.07, 6.45) is -5.05. The molecule has 0 atom stereocenters. The second-order valence-corrected chi connectivity index (χ2v) is 2.59. The first-order chi connectivity index (χ1) is 6.75. The van der Waals surface area contributed by atoms with Crippen molar-refractivity contribution in [1.29, 1.82) is 0 Å². The summed E-state index contributed by atoms with van der Waals surface area (Å²) in [6, 6.07) is 0.409. The summed E-state index contributed by atoms with van der Waals surface area (Å²) < 4.78 is 61.8. The van der Waals surface area contributed by atoms with Crippen LogP contribution in [0, 0.1) is 11.6 Å². The maximum absolute atomic E-state index is 12.9. The van der Waals surface area contributed by atoms with Gasteiger partial charge in [-0.3, -0.25) is 0 Å². The number of carbonyl (C=O) groups is 1. The van der Waals surface area contributed by atoms with E-state index in [1.807, 2.05) is 0 Å². The van der Waals surface area contributed by atoms with E-state index in [9.17, 15) is 26.7 Å². The van der Waals surface area contributed by atoms with E-state index in [0.29, 0.717) is 0 Å². The summed E-state index contributed by atoms with van der Waals surface area (Å²) in [7, 11) is 0. The van der Waals surface area contributed by atoms with E-state index in [4.69, 9.17) is 5.11 Å². The van der Waals surface area contributed by atoms with Crippen molar-refractivity contribution in [3.63, 3.8) is 0 Å². The fraction of sp³-hybridized carbons (Fsp3) is 0.125. The van der Waals surface area contributed by atoms with Gasteiger partial charge in [0.1, 0.15) is 11.4 Å². The van der Waals surface area contributed by atoms with Crippen LogP contribution in [-0.4, -0.2) is 11.1 Å². The average Bonchev–Trinajstić information content (AvgIpc) is 2.00. The second-order valence-electron chi connectivity index (χ2n) is 2.59. The standard InChI is InChI=1S/C8H3F5O2/c9-4-2-1-3(8(11,12)13)6(10)5(4)7(14)15/h1-2H,(H,14,15). The molecule has 0 radical (unpaired) electrons. The molecule has 0 aromatic heterocycles. The zero-order valence-corrected chi connectivity index (χ0v) is 6.90. The molecule has 0 bridgehead atoms. The smallest absolute Gasteiger partial charge is 0.419 e. The summed E-state index contributed by atoms with van der Waals surface area (Å²) in [6.45, 7) is 0. The molecule has 1 N–H and O–H groups in total. The molecule has 0 saturated heterocycles. The topological polar surface area (TPSA) is 37.3 Å². The zero-order chi connectivity index (χ0) is 11.8. The van der Waals surface area contributed by atoms with Gasteiger partial charge in [-0.1, -0.05) is 0 Å². The number of hydrogen-bond acceptors (Lipinski definition) is 1. The SMILES string of the molecule is O=C(O)c1c(F)ccc(C(F)(F)F)c1F. The molecule has 7 heteroatoms. The van der Waals surface area contributed by atoms with Crippen molar-refractivity contribution in [2.75, 3.05) is 0 Å². The van der Waals surface area contributed by atoms with Gasteiger partial charge in [-0.15, -0.1) is 0 Å². The van der Waals surface area contributed by atoms with Gasteiger partial charge in [0, 0.05) is 0 Å². The lowest BCUT2D eigenvalue weighted by Crippen LogP contribution is -2.14. The summed E-state index contributed by atoms with van der Waals surface area (Å²) in [5.41, 5.74) is -3.41. The largest absolute Gasteiger partial charge is 0.477 e. The van der Waals surface area contributed by atoms with Crippen LogP contribution in [0.2, 0.25) is 0 Å². The van der Waals surface area contributed by atoms with Crippen LogP contribution in [0.3, 0.4) is 0 Å². The number of carboxylic acids is 1. The van der Waals surface area contributed by atoms with Gasteiger partial charge in [0.05, 0.1) is 5.56 Å². The van der Waals surface area contributed by atoms with E-state index in [0.717, 1.165) is 0 Å². The highest BCUT2D eigenvalue weighted by molar-refractivity contribution is 5.88. The van der Waals surface area contributed by atoms with Crippen LogP contribution in [0.5, 0.6) is 0 Å². The molecule has 1 rings (SSSR count). The van der Waals surface area contributed by atoms with E-state index in [1.54, 1.807) is 0 Å². The molecule has 15 heavy (non-hydrogen) atoms. The van der Waals surface area contributed by atoms with Gasteiger partial charge in [0.2, 0.25) is 0 Å². The van der Waals surface area contributed by atoms with Crippen molar-refractivity contribution in [1.82, 2.24) is 0 Å². The number of alkyl halides is 3. The maximum Gasteiger partial charge on any atom is 0.419 e. The van der Waals surface area contributed by atoms with Crippen molar-refractivity contribution < 1.29 is 31.9 Å². The molecular weight excluding hydrogens is 223 g/mol. The van der Waals surface area contributed by atoms with Gasteiger partial charge in [-0.2, -0.15) is 13.2 Å². The Kier molecular flexibility index (Phi) is 2.65. The Morgan fingerprint density at radius 3 is 2.13 bits per heavy atom. The molecule has 0 unspecified atom stereocenters. The predicted octanol–water partition coefficient (Wildman–Crippen LogP) is 2.68. The fourth-order valence-corrected chi connectivity index (χ4v) is 0.967. The molecule has 1 aromatic carbocycles. The lowest BCUT2D eigenvalue weighted by atomic mass is 10.1. The average molecular weight is 226 g/mol. The van der Waals surface area contributed by atoms with Crippen molar-refractivity contribution >= 4 is 5.97 Å². The summed E-state index contributed by atoms with van der Waals surface area (Å²) in [5, 5.41) is 8.29. The van der Waals surface area contributed by atoms with Gasteiger partial charge in [0.25, 0.3) is 0 Å². The molecule has 0 heterocycles. The van der Waals surface area contributed by atoms with Crippen molar-refractivity contribution in [2.45, 2.75) is 6.18 Å². The van der Waals surface area contributed by atoms with Crippen molar-refractivity contribution in [3.8, 4) is 0 Å². The third-order valence-electron chi connectivity index (χ3n) is 1.61. The normalized spacial score (nSPS) is 11.5. The molecule has 2 nitrogen and oxygen atoms in total. The van der Waals surface area contributed by atoms with Crippen LogP contribution >= 0.6 is 0 Å². The van der Waals surface area contributed by atoms with Crippen LogP contribution in [-0.2, 0) is 6.18 Å². The summed E-state index contributed by atoms with van der Waals surface area (Å²) in [4.78, 5) is 10.3. The molecule has 0 spiro atoms. The fourth-order valence-electron chi connectivity index (χ4n) is 0.967. The van der Waals surface area contributed by atoms with Gasteiger partial charge in [-0.25, -0.2) is 13.6 Å². The summed E-state index contributed by atoms with van der Waals surface area (Å²) >= 11 is 0. The Hall–Kier alpha value is -1.66. The van der Waals surface area contributed by atoms with Crippen LogP contribution in [0.15, 0.2) is 12.1 Å². The molecule has 0 saturated carbocycles. The minimum Gasteiger partial charge on any atom is -0.477 e. The first-order valence-corrected chi connectivity index (χ1v) is 3.53. The maximum atomic E-state index is 12.9. The third-order valence-corrected chi connectivity index (χ3v) is 1.61. The first kappa shape index (κ1) is 11.4. The van der Waals surface area contributed by atoms with Crippen LogP contribution in [0.25, 0.3) is 0 Å². The predicted molar refractivity (Wildman–Crippen MR) is 38.3 cm³/mol. The molecule has 0 amide bonds. The molecule has 0 aliphatic rings. The van der Waals surface area contributed by atoms with Crippen molar-refractivity contribution in [2.24, 2.45) is 0 Å². The molecule has 0 aliphatic heterocycles. The highest BCUT2D eigenvalue weighted by atomic mass is 19.4. The van der Waals surface area contributed by atoms with Crippen molar-refractivity contribution in [3.05, 3.63) is 34.9 Å². The third kappa shape index (κ3) is 2.05. The molecule has 0 fully saturated rings. The Bertz CT molecular complexity index is 410. The zero-order valence-electron chi connectivity index (χ0n) is 6.90. The number of halogens is 5. The van der Waals surface area contributed by atoms with Gasteiger partial charge < -0.3 is 5.11 Å². The number of rotatable bonds is 1. The molecule has 1 aromatic rings. The van der Waals surface area contributed by atoms with E-state index in [2.05, 4.69) is 0 Å². The highest BCUT2D eigenvalue weighted by Gasteiger charge is 2.37. The quantitative estimate of drug-likeness (QED) is 0.747. The van der Waals surface area contributed by atoms with Gasteiger partial charge in [-0.05, 0) is 12.1 Å². The monoisotopic (exact) mass is 226 g/mol.